The van der Waals surface area contributed by atoms with Crippen molar-refractivity contribution in [3.63, 3.8) is 0 Å². The van der Waals surface area contributed by atoms with Gasteiger partial charge in [0, 0.05) is 19.2 Å². The number of anilines is 1. The SMILES string of the molecule is CCN(CC)CCn1cc(NC(=O)[C@@H]2Cc3ccccc3O2)cn1. The Bertz CT molecular complexity index is 669. The lowest BCUT2D eigenvalue weighted by atomic mass is 10.1. The fourth-order valence-electron chi connectivity index (χ4n) is 2.89. The molecule has 0 radical (unpaired) electrons. The van der Waals surface area contributed by atoms with E-state index in [1.54, 1.807) is 6.20 Å². The van der Waals surface area contributed by atoms with Crippen molar-refractivity contribution in [2.24, 2.45) is 0 Å². The number of carbonyl (C=O) groups excluding carboxylic acids is 1. The van der Waals surface area contributed by atoms with Gasteiger partial charge in [-0.15, -0.1) is 0 Å². The molecular formula is C18H24N4O2. The summed E-state index contributed by atoms with van der Waals surface area (Å²) >= 11 is 0. The molecule has 0 saturated heterocycles. The van der Waals surface area contributed by atoms with Crippen LogP contribution in [0.2, 0.25) is 0 Å². The number of likely N-dealkylation sites (N-methyl/N-ethyl adjacent to an activating group) is 1. The van der Waals surface area contributed by atoms with Crippen molar-refractivity contribution in [2.75, 3.05) is 25.0 Å². The van der Waals surface area contributed by atoms with Crippen LogP contribution in [-0.2, 0) is 17.8 Å². The summed E-state index contributed by atoms with van der Waals surface area (Å²) in [6, 6.07) is 7.77. The standard InChI is InChI=1S/C18H24N4O2/c1-3-21(4-2)9-10-22-13-15(12-19-22)20-18(23)17-11-14-7-5-6-8-16(14)24-17/h5-8,12-13,17H,3-4,9-11H2,1-2H3,(H,20,23)/t17-/m0/s1. The fourth-order valence-corrected chi connectivity index (χ4v) is 2.89. The van der Waals surface area contributed by atoms with Crippen molar-refractivity contribution >= 4 is 11.6 Å². The van der Waals surface area contributed by atoms with Crippen LogP contribution in [0.15, 0.2) is 36.7 Å². The molecule has 1 N–H and O–H groups in total. The third-order valence-corrected chi connectivity index (χ3v) is 4.38. The lowest BCUT2D eigenvalue weighted by Crippen LogP contribution is -2.31. The highest BCUT2D eigenvalue weighted by atomic mass is 16.5. The zero-order valence-electron chi connectivity index (χ0n) is 14.2. The van der Waals surface area contributed by atoms with Crippen LogP contribution in [0.1, 0.15) is 19.4 Å². The molecule has 3 rings (SSSR count). The Morgan fingerprint density at radius 2 is 2.17 bits per heavy atom. The second kappa shape index (κ2) is 7.49. The van der Waals surface area contributed by atoms with Gasteiger partial charge in [0.15, 0.2) is 6.10 Å². The number of carbonyl (C=O) groups is 1. The molecule has 6 heteroatoms. The predicted molar refractivity (Wildman–Crippen MR) is 93.2 cm³/mol. The average molecular weight is 328 g/mol. The molecule has 6 nitrogen and oxygen atoms in total. The molecule has 1 atom stereocenters. The van der Waals surface area contributed by atoms with Crippen LogP contribution in [0.4, 0.5) is 5.69 Å². The van der Waals surface area contributed by atoms with Crippen molar-refractivity contribution in [3.8, 4) is 5.75 Å². The van der Waals surface area contributed by atoms with Gasteiger partial charge >= 0.3 is 0 Å². The maximum Gasteiger partial charge on any atom is 0.265 e. The summed E-state index contributed by atoms with van der Waals surface area (Å²) in [6.07, 6.45) is 3.69. The molecule has 0 fully saturated rings. The summed E-state index contributed by atoms with van der Waals surface area (Å²) in [5.41, 5.74) is 1.78. The van der Waals surface area contributed by atoms with E-state index in [1.165, 1.54) is 0 Å². The van der Waals surface area contributed by atoms with Gasteiger partial charge in [-0.2, -0.15) is 5.10 Å². The molecule has 0 spiro atoms. The van der Waals surface area contributed by atoms with Crippen LogP contribution < -0.4 is 10.1 Å². The minimum absolute atomic E-state index is 0.130. The van der Waals surface area contributed by atoms with Crippen LogP contribution in [0.5, 0.6) is 5.75 Å². The largest absolute Gasteiger partial charge is 0.480 e. The lowest BCUT2D eigenvalue weighted by Gasteiger charge is -2.17. The molecule has 1 aromatic heterocycles. The van der Waals surface area contributed by atoms with Gasteiger partial charge in [-0.3, -0.25) is 9.48 Å². The Hall–Kier alpha value is -2.34. The maximum absolute atomic E-state index is 12.4. The highest BCUT2D eigenvalue weighted by Gasteiger charge is 2.28. The summed E-state index contributed by atoms with van der Waals surface area (Å²) in [7, 11) is 0. The van der Waals surface area contributed by atoms with Crippen molar-refractivity contribution in [1.82, 2.24) is 14.7 Å². The summed E-state index contributed by atoms with van der Waals surface area (Å²) in [5, 5.41) is 7.20. The third kappa shape index (κ3) is 3.76. The highest BCUT2D eigenvalue weighted by molar-refractivity contribution is 5.94. The van der Waals surface area contributed by atoms with Gasteiger partial charge in [-0.25, -0.2) is 0 Å². The van der Waals surface area contributed by atoms with Crippen LogP contribution >= 0.6 is 0 Å². The van der Waals surface area contributed by atoms with Crippen LogP contribution in [0, 0.1) is 0 Å². The monoisotopic (exact) mass is 328 g/mol. The maximum atomic E-state index is 12.4. The van der Waals surface area contributed by atoms with Crippen LogP contribution in [0.3, 0.4) is 0 Å². The number of rotatable bonds is 7. The first-order valence-corrected chi connectivity index (χ1v) is 8.49. The van der Waals surface area contributed by atoms with Gasteiger partial charge in [0.1, 0.15) is 5.75 Å². The van der Waals surface area contributed by atoms with Gasteiger partial charge in [0.05, 0.1) is 18.4 Å². The summed E-state index contributed by atoms with van der Waals surface area (Å²) in [5.74, 6) is 0.669. The predicted octanol–water partition coefficient (Wildman–Crippen LogP) is 2.17. The quantitative estimate of drug-likeness (QED) is 0.846. The minimum Gasteiger partial charge on any atom is -0.480 e. The first-order chi connectivity index (χ1) is 11.7. The normalized spacial score (nSPS) is 16.0. The van der Waals surface area contributed by atoms with Gasteiger partial charge in [-0.1, -0.05) is 32.0 Å². The number of nitrogens with zero attached hydrogens (tertiary/aromatic N) is 3. The third-order valence-electron chi connectivity index (χ3n) is 4.38. The van der Waals surface area contributed by atoms with E-state index in [4.69, 9.17) is 4.74 Å². The van der Waals surface area contributed by atoms with Crippen molar-refractivity contribution in [3.05, 3.63) is 42.2 Å². The molecule has 0 aliphatic carbocycles. The number of nitrogens with one attached hydrogen (secondary N) is 1. The summed E-state index contributed by atoms with van der Waals surface area (Å²) < 4.78 is 7.57. The molecule has 0 unspecified atom stereocenters. The lowest BCUT2D eigenvalue weighted by molar-refractivity contribution is -0.122. The Morgan fingerprint density at radius 1 is 1.38 bits per heavy atom. The molecule has 2 heterocycles. The van der Waals surface area contributed by atoms with E-state index in [-0.39, 0.29) is 5.91 Å². The number of ether oxygens (including phenoxy) is 1. The molecule has 1 aromatic carbocycles. The van der Waals surface area contributed by atoms with Gasteiger partial charge in [0.25, 0.3) is 5.91 Å². The summed E-state index contributed by atoms with van der Waals surface area (Å²) in [4.78, 5) is 14.7. The molecule has 128 valence electrons. The topological polar surface area (TPSA) is 59.4 Å². The van der Waals surface area contributed by atoms with E-state index in [9.17, 15) is 4.79 Å². The first-order valence-electron chi connectivity index (χ1n) is 8.49. The number of aromatic nitrogens is 2. The number of amides is 1. The van der Waals surface area contributed by atoms with Gasteiger partial charge in [0.2, 0.25) is 0 Å². The van der Waals surface area contributed by atoms with E-state index >= 15 is 0 Å². The zero-order valence-corrected chi connectivity index (χ0v) is 14.2. The molecule has 1 aliphatic rings. The molecule has 1 aliphatic heterocycles. The number of hydrogen-bond donors (Lipinski definition) is 1. The van der Waals surface area contributed by atoms with Crippen molar-refractivity contribution in [2.45, 2.75) is 32.9 Å². The Kier molecular flexibility index (Phi) is 5.15. The molecule has 2 aromatic rings. The number of hydrogen-bond acceptors (Lipinski definition) is 4. The van der Waals surface area contributed by atoms with E-state index in [2.05, 4.69) is 29.2 Å². The molecule has 24 heavy (non-hydrogen) atoms. The van der Waals surface area contributed by atoms with Crippen molar-refractivity contribution < 1.29 is 9.53 Å². The Labute approximate surface area is 142 Å². The highest BCUT2D eigenvalue weighted by Crippen LogP contribution is 2.28. The van der Waals surface area contributed by atoms with E-state index in [1.807, 2.05) is 35.1 Å². The van der Waals surface area contributed by atoms with Crippen molar-refractivity contribution in [1.29, 1.82) is 0 Å². The van der Waals surface area contributed by atoms with Crippen LogP contribution in [0.25, 0.3) is 0 Å². The van der Waals surface area contributed by atoms with Gasteiger partial charge < -0.3 is 15.0 Å². The summed E-state index contributed by atoms with van der Waals surface area (Å²) in [6.45, 7) is 8.11. The number of benzene rings is 1. The minimum atomic E-state index is -0.471. The second-order valence-corrected chi connectivity index (χ2v) is 5.93. The number of fused-ring (bicyclic) bond motifs is 1. The zero-order chi connectivity index (χ0) is 16.9. The van der Waals surface area contributed by atoms with E-state index < -0.39 is 6.10 Å². The van der Waals surface area contributed by atoms with E-state index in [0.29, 0.717) is 12.1 Å². The Morgan fingerprint density at radius 3 is 2.92 bits per heavy atom. The Balaban J connectivity index is 1.53. The number of para-hydroxylation sites is 1. The molecule has 1 amide bonds. The molecule has 0 bridgehead atoms. The molecular weight excluding hydrogens is 304 g/mol. The molecule has 0 saturated carbocycles. The fraction of sp³-hybridized carbons (Fsp3) is 0.444. The first kappa shape index (κ1) is 16.5. The van der Waals surface area contributed by atoms with Gasteiger partial charge in [-0.05, 0) is 24.7 Å². The smallest absolute Gasteiger partial charge is 0.265 e. The van der Waals surface area contributed by atoms with E-state index in [0.717, 1.165) is 37.5 Å². The average Bonchev–Trinajstić information content (AvgIpc) is 3.22. The second-order valence-electron chi connectivity index (χ2n) is 5.93. The van der Waals surface area contributed by atoms with Crippen LogP contribution in [-0.4, -0.2) is 46.3 Å².